The Morgan fingerprint density at radius 3 is 2.82 bits per heavy atom. The summed E-state index contributed by atoms with van der Waals surface area (Å²) in [6.07, 6.45) is 1.83. The van der Waals surface area contributed by atoms with E-state index in [0.29, 0.717) is 5.69 Å². The molecule has 9 heteroatoms. The van der Waals surface area contributed by atoms with Gasteiger partial charge in [0, 0.05) is 12.7 Å². The van der Waals surface area contributed by atoms with Crippen molar-refractivity contribution in [3.63, 3.8) is 0 Å². The van der Waals surface area contributed by atoms with E-state index in [1.54, 1.807) is 11.6 Å². The van der Waals surface area contributed by atoms with Gasteiger partial charge in [0.25, 0.3) is 5.91 Å². The van der Waals surface area contributed by atoms with Crippen LogP contribution in [0.15, 0.2) is 18.3 Å². The van der Waals surface area contributed by atoms with Crippen LogP contribution in [0, 0.1) is 17.0 Å². The van der Waals surface area contributed by atoms with Gasteiger partial charge in [-0.05, 0) is 31.8 Å². The SMILES string of the molecule is CCn1ccc(C(C)NC(=O)Cn2nc(C)cc2[N+](=O)[O-])n1. The molecule has 22 heavy (non-hydrogen) atoms. The quantitative estimate of drug-likeness (QED) is 0.637. The summed E-state index contributed by atoms with van der Waals surface area (Å²) in [5.74, 6) is -0.555. The lowest BCUT2D eigenvalue weighted by molar-refractivity contribution is -0.392. The van der Waals surface area contributed by atoms with E-state index in [1.807, 2.05) is 26.1 Å². The van der Waals surface area contributed by atoms with Gasteiger partial charge in [0.1, 0.15) is 0 Å². The summed E-state index contributed by atoms with van der Waals surface area (Å²) in [5.41, 5.74) is 1.23. The van der Waals surface area contributed by atoms with Gasteiger partial charge in [0.2, 0.25) is 0 Å². The average molecular weight is 306 g/mol. The van der Waals surface area contributed by atoms with E-state index in [9.17, 15) is 14.9 Å². The highest BCUT2D eigenvalue weighted by Gasteiger charge is 2.21. The summed E-state index contributed by atoms with van der Waals surface area (Å²) in [5, 5.41) is 21.9. The van der Waals surface area contributed by atoms with Crippen LogP contribution in [0.3, 0.4) is 0 Å². The summed E-state index contributed by atoms with van der Waals surface area (Å²) >= 11 is 0. The standard InChI is InChI=1S/C13H18N6O3/c1-4-17-6-5-11(16-17)10(3)14-12(20)8-18-13(19(21)22)7-9(2)15-18/h5-7,10H,4,8H2,1-3H3,(H,14,20). The van der Waals surface area contributed by atoms with Crippen LogP contribution in [0.1, 0.15) is 31.3 Å². The third-order valence-corrected chi connectivity index (χ3v) is 3.17. The summed E-state index contributed by atoms with van der Waals surface area (Å²) in [6.45, 7) is 5.96. The Morgan fingerprint density at radius 2 is 2.23 bits per heavy atom. The monoisotopic (exact) mass is 306 g/mol. The van der Waals surface area contributed by atoms with E-state index in [-0.39, 0.29) is 24.3 Å². The van der Waals surface area contributed by atoms with Gasteiger partial charge < -0.3 is 15.4 Å². The number of carbonyl (C=O) groups excluding carboxylic acids is 1. The molecule has 1 atom stereocenters. The first kappa shape index (κ1) is 15.7. The fraction of sp³-hybridized carbons (Fsp3) is 0.462. The van der Waals surface area contributed by atoms with Crippen LogP contribution in [0.25, 0.3) is 0 Å². The Bertz CT molecular complexity index is 690. The lowest BCUT2D eigenvalue weighted by atomic mass is 10.2. The number of carbonyl (C=O) groups is 1. The highest BCUT2D eigenvalue weighted by Crippen LogP contribution is 2.13. The Hall–Kier alpha value is -2.71. The molecule has 0 saturated carbocycles. The number of aromatic nitrogens is 4. The Morgan fingerprint density at radius 1 is 1.50 bits per heavy atom. The lowest BCUT2D eigenvalue weighted by Gasteiger charge is -2.10. The molecule has 0 aliphatic heterocycles. The maximum atomic E-state index is 12.0. The molecule has 0 aromatic carbocycles. The van der Waals surface area contributed by atoms with Gasteiger partial charge >= 0.3 is 5.82 Å². The number of nitrogens with zero attached hydrogens (tertiary/aromatic N) is 5. The molecule has 0 spiro atoms. The number of hydrogen-bond donors (Lipinski definition) is 1. The van der Waals surface area contributed by atoms with Crippen molar-refractivity contribution in [1.29, 1.82) is 0 Å². The zero-order valence-electron chi connectivity index (χ0n) is 12.7. The molecule has 0 aliphatic carbocycles. The molecule has 0 fully saturated rings. The van der Waals surface area contributed by atoms with Crippen molar-refractivity contribution in [2.24, 2.45) is 0 Å². The molecule has 2 rings (SSSR count). The molecule has 0 aliphatic rings. The third kappa shape index (κ3) is 3.48. The molecule has 1 unspecified atom stereocenters. The average Bonchev–Trinajstić information content (AvgIpc) is 3.05. The van der Waals surface area contributed by atoms with Crippen molar-refractivity contribution in [1.82, 2.24) is 24.9 Å². The van der Waals surface area contributed by atoms with E-state index in [4.69, 9.17) is 0 Å². The molecule has 0 saturated heterocycles. The first-order valence-electron chi connectivity index (χ1n) is 6.92. The van der Waals surface area contributed by atoms with E-state index in [2.05, 4.69) is 15.5 Å². The second-order valence-corrected chi connectivity index (χ2v) is 4.94. The highest BCUT2D eigenvalue weighted by atomic mass is 16.6. The van der Waals surface area contributed by atoms with E-state index in [0.717, 1.165) is 16.9 Å². The van der Waals surface area contributed by atoms with Gasteiger partial charge in [-0.2, -0.15) is 5.10 Å². The minimum absolute atomic E-state index is 0.199. The lowest BCUT2D eigenvalue weighted by Crippen LogP contribution is -2.31. The van der Waals surface area contributed by atoms with Crippen LogP contribution in [-0.2, 0) is 17.9 Å². The number of nitro groups is 1. The Labute approximate surface area is 127 Å². The molecule has 1 amide bonds. The first-order chi connectivity index (χ1) is 10.4. The number of aryl methyl sites for hydroxylation is 2. The maximum absolute atomic E-state index is 12.0. The van der Waals surface area contributed by atoms with Gasteiger partial charge in [-0.1, -0.05) is 5.10 Å². The number of amides is 1. The third-order valence-electron chi connectivity index (χ3n) is 3.17. The summed E-state index contributed by atoms with van der Waals surface area (Å²) in [7, 11) is 0. The van der Waals surface area contributed by atoms with Crippen LogP contribution >= 0.6 is 0 Å². The van der Waals surface area contributed by atoms with Crippen molar-refractivity contribution in [3.8, 4) is 0 Å². The zero-order chi connectivity index (χ0) is 16.3. The van der Waals surface area contributed by atoms with E-state index in [1.165, 1.54) is 6.07 Å². The predicted octanol–water partition coefficient (Wildman–Crippen LogP) is 1.19. The molecular formula is C13H18N6O3. The molecule has 2 aromatic heterocycles. The van der Waals surface area contributed by atoms with Gasteiger partial charge in [-0.25, -0.2) is 0 Å². The van der Waals surface area contributed by atoms with Gasteiger partial charge in [0.05, 0.1) is 23.5 Å². The molecule has 9 nitrogen and oxygen atoms in total. The van der Waals surface area contributed by atoms with Gasteiger partial charge in [-0.3, -0.25) is 9.48 Å². The van der Waals surface area contributed by atoms with Crippen molar-refractivity contribution < 1.29 is 9.72 Å². The topological polar surface area (TPSA) is 108 Å². The maximum Gasteiger partial charge on any atom is 0.345 e. The van der Waals surface area contributed by atoms with Crippen LogP contribution in [0.5, 0.6) is 0 Å². The smallest absolute Gasteiger partial charge is 0.345 e. The normalized spacial score (nSPS) is 12.1. The van der Waals surface area contributed by atoms with Gasteiger partial charge in [-0.15, -0.1) is 4.68 Å². The molecule has 0 bridgehead atoms. The molecule has 2 heterocycles. The summed E-state index contributed by atoms with van der Waals surface area (Å²) in [6, 6.07) is 2.88. The number of nitrogens with one attached hydrogen (secondary N) is 1. The minimum atomic E-state index is -0.556. The minimum Gasteiger partial charge on any atom is -0.358 e. The molecule has 2 aromatic rings. The molecular weight excluding hydrogens is 288 g/mol. The first-order valence-corrected chi connectivity index (χ1v) is 6.92. The second kappa shape index (κ2) is 6.37. The zero-order valence-corrected chi connectivity index (χ0v) is 12.7. The van der Waals surface area contributed by atoms with Crippen LogP contribution in [0.4, 0.5) is 5.82 Å². The molecule has 118 valence electrons. The molecule has 1 N–H and O–H groups in total. The van der Waals surface area contributed by atoms with Crippen molar-refractivity contribution in [2.75, 3.05) is 0 Å². The van der Waals surface area contributed by atoms with Crippen LogP contribution < -0.4 is 5.32 Å². The second-order valence-electron chi connectivity index (χ2n) is 4.94. The predicted molar refractivity (Wildman–Crippen MR) is 78.1 cm³/mol. The largest absolute Gasteiger partial charge is 0.358 e. The van der Waals surface area contributed by atoms with Crippen molar-refractivity contribution in [3.05, 3.63) is 39.8 Å². The van der Waals surface area contributed by atoms with E-state index >= 15 is 0 Å². The fourth-order valence-corrected chi connectivity index (χ4v) is 2.08. The van der Waals surface area contributed by atoms with E-state index < -0.39 is 4.92 Å². The number of rotatable bonds is 6. The van der Waals surface area contributed by atoms with Crippen LogP contribution in [-0.4, -0.2) is 30.4 Å². The Kier molecular flexibility index (Phi) is 4.54. The van der Waals surface area contributed by atoms with Crippen LogP contribution in [0.2, 0.25) is 0 Å². The summed E-state index contributed by atoms with van der Waals surface area (Å²) < 4.78 is 2.85. The molecule has 0 radical (unpaired) electrons. The van der Waals surface area contributed by atoms with Crippen molar-refractivity contribution in [2.45, 2.75) is 39.9 Å². The van der Waals surface area contributed by atoms with Crippen molar-refractivity contribution >= 4 is 11.7 Å². The number of hydrogen-bond acceptors (Lipinski definition) is 5. The Balaban J connectivity index is 2.02. The van der Waals surface area contributed by atoms with Gasteiger partial charge in [0.15, 0.2) is 6.54 Å². The summed E-state index contributed by atoms with van der Waals surface area (Å²) in [4.78, 5) is 22.4. The fourth-order valence-electron chi connectivity index (χ4n) is 2.08. The highest BCUT2D eigenvalue weighted by molar-refractivity contribution is 5.76.